The highest BCUT2D eigenvalue weighted by atomic mass is 16.2. The molecule has 118 valence electrons. The summed E-state index contributed by atoms with van der Waals surface area (Å²) in [5.41, 5.74) is 0.282. The minimum absolute atomic E-state index is 0.0272. The highest BCUT2D eigenvalue weighted by molar-refractivity contribution is 5.77. The van der Waals surface area contributed by atoms with Gasteiger partial charge in [0.1, 0.15) is 0 Å². The summed E-state index contributed by atoms with van der Waals surface area (Å²) >= 11 is 0. The summed E-state index contributed by atoms with van der Waals surface area (Å²) in [6.45, 7) is 14.6. The summed E-state index contributed by atoms with van der Waals surface area (Å²) in [5.74, 6) is 0.171. The molecule has 0 spiro atoms. The van der Waals surface area contributed by atoms with Crippen LogP contribution in [-0.2, 0) is 4.79 Å². The number of nitrogens with zero attached hydrogens (tertiary/aromatic N) is 2. The third-order valence-corrected chi connectivity index (χ3v) is 3.19. The zero-order valence-electron chi connectivity index (χ0n) is 14.8. The fraction of sp³-hybridized carbons (Fsp3) is 0.824. The lowest BCUT2D eigenvalue weighted by molar-refractivity contribution is -0.131. The first-order valence-corrected chi connectivity index (χ1v) is 7.56. The van der Waals surface area contributed by atoms with Crippen LogP contribution in [0.4, 0.5) is 0 Å². The van der Waals surface area contributed by atoms with E-state index in [0.29, 0.717) is 6.54 Å². The van der Waals surface area contributed by atoms with Crippen LogP contribution in [0.2, 0.25) is 0 Å². The summed E-state index contributed by atoms with van der Waals surface area (Å²) in [5, 5.41) is 0. The van der Waals surface area contributed by atoms with Crippen molar-refractivity contribution in [2.75, 3.05) is 27.2 Å². The number of hydrogen-bond donors (Lipinski definition) is 0. The second-order valence-corrected chi connectivity index (χ2v) is 7.79. The van der Waals surface area contributed by atoms with Crippen molar-refractivity contribution in [3.8, 4) is 0 Å². The number of unbranched alkanes of at least 4 members (excludes halogenated alkanes) is 1. The van der Waals surface area contributed by atoms with Crippen LogP contribution in [0.25, 0.3) is 0 Å². The summed E-state index contributed by atoms with van der Waals surface area (Å²) in [6.07, 6.45) is 6.68. The lowest BCUT2D eigenvalue weighted by Crippen LogP contribution is -2.47. The molecular weight excluding hydrogens is 248 g/mol. The molecule has 0 saturated carbocycles. The molecule has 0 bridgehead atoms. The topological polar surface area (TPSA) is 23.6 Å². The van der Waals surface area contributed by atoms with Crippen molar-refractivity contribution in [2.45, 2.75) is 59.9 Å². The van der Waals surface area contributed by atoms with Gasteiger partial charge in [0.15, 0.2) is 0 Å². The summed E-state index contributed by atoms with van der Waals surface area (Å²) in [4.78, 5) is 15.8. The minimum Gasteiger partial charge on any atom is -0.348 e. The molecule has 0 N–H and O–H groups in total. The van der Waals surface area contributed by atoms with Gasteiger partial charge in [-0.15, -0.1) is 0 Å². The van der Waals surface area contributed by atoms with Gasteiger partial charge in [-0.2, -0.15) is 0 Å². The van der Waals surface area contributed by atoms with Gasteiger partial charge in [0, 0.05) is 19.6 Å². The van der Waals surface area contributed by atoms with Gasteiger partial charge in [-0.1, -0.05) is 32.9 Å². The molecule has 0 fully saturated rings. The molecule has 0 aliphatic rings. The van der Waals surface area contributed by atoms with Crippen LogP contribution in [0.5, 0.6) is 0 Å². The van der Waals surface area contributed by atoms with Gasteiger partial charge in [-0.05, 0) is 45.6 Å². The van der Waals surface area contributed by atoms with Crippen LogP contribution in [0.15, 0.2) is 12.2 Å². The molecule has 1 amide bonds. The quantitative estimate of drug-likeness (QED) is 0.549. The molecule has 0 aromatic carbocycles. The third-order valence-electron chi connectivity index (χ3n) is 3.19. The van der Waals surface area contributed by atoms with Gasteiger partial charge >= 0.3 is 0 Å². The number of carbonyl (C=O) groups excluding carboxylic acids is 1. The van der Waals surface area contributed by atoms with E-state index in [2.05, 4.69) is 58.6 Å². The van der Waals surface area contributed by atoms with E-state index in [4.69, 9.17) is 0 Å². The zero-order valence-corrected chi connectivity index (χ0v) is 14.8. The van der Waals surface area contributed by atoms with Gasteiger partial charge in [0.25, 0.3) is 0 Å². The number of hydrogen-bond acceptors (Lipinski definition) is 2. The summed E-state index contributed by atoms with van der Waals surface area (Å²) < 4.78 is 0. The van der Waals surface area contributed by atoms with Crippen molar-refractivity contribution in [3.05, 3.63) is 12.2 Å². The average Bonchev–Trinajstić information content (AvgIpc) is 2.23. The van der Waals surface area contributed by atoms with E-state index in [1.54, 1.807) is 4.90 Å². The number of likely N-dealkylation sites (N-methyl/N-ethyl adjacent to an activating group) is 1. The van der Waals surface area contributed by atoms with Gasteiger partial charge in [-0.3, -0.25) is 9.69 Å². The molecule has 0 heterocycles. The Morgan fingerprint density at radius 1 is 1.05 bits per heavy atom. The van der Waals surface area contributed by atoms with Crippen LogP contribution >= 0.6 is 0 Å². The van der Waals surface area contributed by atoms with Crippen molar-refractivity contribution >= 4 is 5.91 Å². The number of amides is 1. The van der Waals surface area contributed by atoms with Crippen molar-refractivity contribution in [1.29, 1.82) is 0 Å². The maximum atomic E-state index is 11.9. The Morgan fingerprint density at radius 2 is 1.60 bits per heavy atom. The SMILES string of the molecule is CN(C)C(=O)CN(CCC/C=C\C(C)(C)C)C(C)(C)C. The second-order valence-electron chi connectivity index (χ2n) is 7.79. The highest BCUT2D eigenvalue weighted by Crippen LogP contribution is 2.17. The maximum Gasteiger partial charge on any atom is 0.236 e. The second kappa shape index (κ2) is 7.82. The Morgan fingerprint density at radius 3 is 2.00 bits per heavy atom. The molecule has 3 nitrogen and oxygen atoms in total. The van der Waals surface area contributed by atoms with E-state index in [1.807, 2.05) is 14.1 Å². The first-order chi connectivity index (χ1) is 8.93. The lowest BCUT2D eigenvalue weighted by atomic mass is 9.96. The van der Waals surface area contributed by atoms with Crippen molar-refractivity contribution in [3.63, 3.8) is 0 Å². The fourth-order valence-electron chi connectivity index (χ4n) is 1.79. The molecule has 0 aliphatic carbocycles. The molecule has 0 saturated heterocycles. The summed E-state index contributed by atoms with van der Waals surface area (Å²) in [7, 11) is 3.63. The molecule has 0 aromatic rings. The monoisotopic (exact) mass is 282 g/mol. The number of allylic oxidation sites excluding steroid dienone is 2. The van der Waals surface area contributed by atoms with Gasteiger partial charge in [-0.25, -0.2) is 0 Å². The normalized spacial score (nSPS) is 13.2. The van der Waals surface area contributed by atoms with Gasteiger partial charge < -0.3 is 4.90 Å². The van der Waals surface area contributed by atoms with Crippen LogP contribution < -0.4 is 0 Å². The minimum atomic E-state index is 0.0272. The Kier molecular flexibility index (Phi) is 7.50. The van der Waals surface area contributed by atoms with Gasteiger partial charge in [0.05, 0.1) is 6.54 Å². The van der Waals surface area contributed by atoms with Crippen LogP contribution in [0.1, 0.15) is 54.4 Å². The van der Waals surface area contributed by atoms with E-state index in [0.717, 1.165) is 19.4 Å². The molecule has 3 heteroatoms. The Balaban J connectivity index is 4.33. The average molecular weight is 282 g/mol. The summed E-state index contributed by atoms with van der Waals surface area (Å²) in [6, 6.07) is 0. The highest BCUT2D eigenvalue weighted by Gasteiger charge is 2.23. The van der Waals surface area contributed by atoms with Crippen molar-refractivity contribution in [1.82, 2.24) is 9.80 Å². The number of carbonyl (C=O) groups is 1. The predicted molar refractivity (Wildman–Crippen MR) is 87.8 cm³/mol. The fourth-order valence-corrected chi connectivity index (χ4v) is 1.79. The predicted octanol–water partition coefficient (Wildman–Crippen LogP) is 3.56. The Bertz CT molecular complexity index is 319. The third kappa shape index (κ3) is 9.13. The maximum absolute atomic E-state index is 11.9. The van der Waals surface area contributed by atoms with Crippen LogP contribution in [-0.4, -0.2) is 48.4 Å². The first-order valence-electron chi connectivity index (χ1n) is 7.56. The van der Waals surface area contributed by atoms with Crippen LogP contribution in [0.3, 0.4) is 0 Å². The molecule has 0 atom stereocenters. The molecule has 0 unspecified atom stereocenters. The van der Waals surface area contributed by atoms with E-state index in [1.165, 1.54) is 0 Å². The van der Waals surface area contributed by atoms with E-state index < -0.39 is 0 Å². The molecule has 0 aliphatic heterocycles. The zero-order chi connectivity index (χ0) is 16.0. The van der Waals surface area contributed by atoms with E-state index in [9.17, 15) is 4.79 Å². The van der Waals surface area contributed by atoms with Crippen molar-refractivity contribution in [2.24, 2.45) is 5.41 Å². The largest absolute Gasteiger partial charge is 0.348 e. The van der Waals surface area contributed by atoms with E-state index in [-0.39, 0.29) is 16.9 Å². The van der Waals surface area contributed by atoms with Crippen LogP contribution in [0, 0.1) is 5.41 Å². The molecule has 20 heavy (non-hydrogen) atoms. The number of rotatable bonds is 6. The molecule has 0 radical (unpaired) electrons. The lowest BCUT2D eigenvalue weighted by Gasteiger charge is -2.35. The first kappa shape index (κ1) is 19.2. The van der Waals surface area contributed by atoms with Crippen molar-refractivity contribution < 1.29 is 4.79 Å². The molecule has 0 rings (SSSR count). The Labute approximate surface area is 126 Å². The smallest absolute Gasteiger partial charge is 0.236 e. The Hall–Kier alpha value is -0.830. The molecule has 0 aromatic heterocycles. The van der Waals surface area contributed by atoms with Gasteiger partial charge in [0.2, 0.25) is 5.91 Å². The van der Waals surface area contributed by atoms with E-state index >= 15 is 0 Å². The standard InChI is InChI=1S/C17H34N2O/c1-16(2,3)12-10-9-11-13-19(17(4,5)6)14-15(20)18(7)8/h10,12H,9,11,13-14H2,1-8H3/b12-10-. The molecular formula is C17H34N2O.